The monoisotopic (exact) mass is 604 g/mol. The summed E-state index contributed by atoms with van der Waals surface area (Å²) in [5, 5.41) is 3.41. The molecule has 1 aliphatic rings. The minimum absolute atomic E-state index is 0.0182. The van der Waals surface area contributed by atoms with Crippen LogP contribution in [0.4, 0.5) is 11.4 Å². The van der Waals surface area contributed by atoms with E-state index in [1.54, 1.807) is 19.2 Å². The third-order valence-electron chi connectivity index (χ3n) is 7.44. The van der Waals surface area contributed by atoms with Crippen molar-refractivity contribution in [1.29, 1.82) is 0 Å². The highest BCUT2D eigenvalue weighted by atomic mass is 32.2. The van der Waals surface area contributed by atoms with Crippen LogP contribution < -0.4 is 15.0 Å². The molecule has 0 aliphatic carbocycles. The molecule has 8 nitrogen and oxygen atoms in total. The highest BCUT2D eigenvalue weighted by molar-refractivity contribution is 7.99. The van der Waals surface area contributed by atoms with E-state index >= 15 is 0 Å². The Kier molecular flexibility index (Phi) is 8.93. The van der Waals surface area contributed by atoms with Crippen molar-refractivity contribution in [2.75, 3.05) is 49.3 Å². The molecule has 0 radical (unpaired) electrons. The Morgan fingerprint density at radius 3 is 2.14 bits per heavy atom. The van der Waals surface area contributed by atoms with Gasteiger partial charge in [0.15, 0.2) is 5.76 Å². The lowest BCUT2D eigenvalue weighted by Gasteiger charge is -2.36. The number of benzene rings is 4. The number of hydrogen-bond donors (Lipinski definition) is 1. The number of rotatable bonds is 9. The summed E-state index contributed by atoms with van der Waals surface area (Å²) in [7, 11) is 1.58. The lowest BCUT2D eigenvalue weighted by molar-refractivity contribution is -0.113. The van der Waals surface area contributed by atoms with Gasteiger partial charge in [0.25, 0.3) is 11.1 Å². The van der Waals surface area contributed by atoms with Gasteiger partial charge in [0.2, 0.25) is 5.91 Å². The van der Waals surface area contributed by atoms with Gasteiger partial charge in [0.05, 0.1) is 18.4 Å². The van der Waals surface area contributed by atoms with Crippen molar-refractivity contribution in [2.24, 2.45) is 0 Å². The van der Waals surface area contributed by atoms with E-state index in [1.165, 1.54) is 11.8 Å². The van der Waals surface area contributed by atoms with E-state index in [0.717, 1.165) is 35.6 Å². The van der Waals surface area contributed by atoms with Crippen LogP contribution in [-0.2, 0) is 4.79 Å². The van der Waals surface area contributed by atoms with E-state index in [1.807, 2.05) is 102 Å². The van der Waals surface area contributed by atoms with Crippen molar-refractivity contribution < 1.29 is 18.7 Å². The zero-order valence-electron chi connectivity index (χ0n) is 24.3. The molecule has 0 unspecified atom stereocenters. The van der Waals surface area contributed by atoms with E-state index in [9.17, 15) is 9.59 Å². The van der Waals surface area contributed by atoms with Crippen LogP contribution >= 0.6 is 11.8 Å². The molecule has 1 aliphatic heterocycles. The van der Waals surface area contributed by atoms with Gasteiger partial charge in [0, 0.05) is 48.7 Å². The first-order valence-corrected chi connectivity index (χ1v) is 15.4. The molecular formula is C35H32N4O4S. The van der Waals surface area contributed by atoms with E-state index in [4.69, 9.17) is 14.1 Å². The molecule has 2 heterocycles. The maximum Gasteiger partial charge on any atom is 0.257 e. The summed E-state index contributed by atoms with van der Waals surface area (Å²) < 4.78 is 11.5. The van der Waals surface area contributed by atoms with Gasteiger partial charge in [-0.3, -0.25) is 9.59 Å². The van der Waals surface area contributed by atoms with Gasteiger partial charge in [-0.15, -0.1) is 0 Å². The van der Waals surface area contributed by atoms with Crippen LogP contribution in [-0.4, -0.2) is 60.7 Å². The number of ether oxygens (including phenoxy) is 1. The van der Waals surface area contributed by atoms with Crippen molar-refractivity contribution in [2.45, 2.75) is 5.22 Å². The Balaban J connectivity index is 1.03. The molecule has 0 saturated carbocycles. The minimum Gasteiger partial charge on any atom is -0.496 e. The fourth-order valence-corrected chi connectivity index (χ4v) is 5.80. The first-order valence-electron chi connectivity index (χ1n) is 14.4. The topological polar surface area (TPSA) is 87.9 Å². The van der Waals surface area contributed by atoms with Crippen molar-refractivity contribution in [1.82, 2.24) is 9.88 Å². The number of aromatic nitrogens is 1. The second-order valence-electron chi connectivity index (χ2n) is 10.3. The number of oxazole rings is 1. The molecule has 9 heteroatoms. The Hall–Kier alpha value is -5.02. The number of thioether (sulfide) groups is 1. The molecule has 222 valence electrons. The van der Waals surface area contributed by atoms with Crippen LogP contribution in [0.1, 0.15) is 10.4 Å². The van der Waals surface area contributed by atoms with Crippen molar-refractivity contribution in [3.8, 4) is 28.3 Å². The van der Waals surface area contributed by atoms with Crippen molar-refractivity contribution in [3.05, 3.63) is 115 Å². The van der Waals surface area contributed by atoms with Gasteiger partial charge in [0.1, 0.15) is 11.4 Å². The molecule has 0 bridgehead atoms. The second kappa shape index (κ2) is 13.5. The van der Waals surface area contributed by atoms with E-state index in [2.05, 4.69) is 10.2 Å². The Bertz CT molecular complexity index is 1660. The highest BCUT2D eigenvalue weighted by Crippen LogP contribution is 2.35. The summed E-state index contributed by atoms with van der Waals surface area (Å²) in [4.78, 5) is 34.7. The third kappa shape index (κ3) is 6.63. The molecular weight excluding hydrogens is 572 g/mol. The van der Waals surface area contributed by atoms with Gasteiger partial charge in [-0.1, -0.05) is 84.6 Å². The lowest BCUT2D eigenvalue weighted by Crippen LogP contribution is -2.48. The standard InChI is InChI=1S/C35H32N4O4S/c1-42-30-15-9-8-14-29(30)34(41)39-22-20-38(21-23-39)28-18-16-27(17-19-28)36-31(40)24-44-35-37-32(25-10-4-2-5-11-25)33(43-35)26-12-6-3-7-13-26/h2-19H,20-24H2,1H3,(H,36,40). The summed E-state index contributed by atoms with van der Waals surface area (Å²) in [6, 6.07) is 34.8. The zero-order valence-corrected chi connectivity index (χ0v) is 25.1. The number of anilines is 2. The molecule has 1 fully saturated rings. The van der Waals surface area contributed by atoms with Gasteiger partial charge in [-0.05, 0) is 36.4 Å². The first-order chi connectivity index (χ1) is 21.6. The molecule has 4 aromatic carbocycles. The smallest absolute Gasteiger partial charge is 0.257 e. The van der Waals surface area contributed by atoms with Gasteiger partial charge >= 0.3 is 0 Å². The number of carbonyl (C=O) groups is 2. The number of hydrogen-bond acceptors (Lipinski definition) is 7. The molecule has 0 atom stereocenters. The average Bonchev–Trinajstić information content (AvgIpc) is 3.53. The molecule has 0 spiro atoms. The number of amides is 2. The summed E-state index contributed by atoms with van der Waals surface area (Å²) in [5.41, 5.74) is 4.98. The number of carbonyl (C=O) groups excluding carboxylic acids is 2. The molecule has 5 aromatic rings. The maximum atomic E-state index is 13.0. The van der Waals surface area contributed by atoms with Crippen LogP contribution in [0.25, 0.3) is 22.6 Å². The lowest BCUT2D eigenvalue weighted by atomic mass is 10.1. The predicted molar refractivity (Wildman–Crippen MR) is 174 cm³/mol. The predicted octanol–water partition coefficient (Wildman–Crippen LogP) is 6.71. The van der Waals surface area contributed by atoms with Crippen LogP contribution in [0.5, 0.6) is 5.75 Å². The first kappa shape index (κ1) is 29.1. The summed E-state index contributed by atoms with van der Waals surface area (Å²) in [6.07, 6.45) is 0. The van der Waals surface area contributed by atoms with Crippen LogP contribution in [0.2, 0.25) is 0 Å². The quantitative estimate of drug-likeness (QED) is 0.187. The molecule has 1 N–H and O–H groups in total. The molecule has 1 saturated heterocycles. The van der Waals surface area contributed by atoms with E-state index < -0.39 is 0 Å². The highest BCUT2D eigenvalue weighted by Gasteiger charge is 2.24. The van der Waals surface area contributed by atoms with Crippen LogP contribution in [0, 0.1) is 0 Å². The molecule has 1 aromatic heterocycles. The fraction of sp³-hybridized carbons (Fsp3) is 0.171. The number of piperazine rings is 1. The number of nitrogens with zero attached hydrogens (tertiary/aromatic N) is 3. The van der Waals surface area contributed by atoms with Gasteiger partial charge in [-0.25, -0.2) is 4.98 Å². The van der Waals surface area contributed by atoms with Crippen LogP contribution in [0.15, 0.2) is 119 Å². The number of methoxy groups -OCH3 is 1. The van der Waals surface area contributed by atoms with Gasteiger partial charge < -0.3 is 24.3 Å². The van der Waals surface area contributed by atoms with Crippen molar-refractivity contribution in [3.63, 3.8) is 0 Å². The van der Waals surface area contributed by atoms with Gasteiger partial charge in [-0.2, -0.15) is 0 Å². The average molecular weight is 605 g/mol. The SMILES string of the molecule is COc1ccccc1C(=O)N1CCN(c2ccc(NC(=O)CSc3nc(-c4ccccc4)c(-c4ccccc4)o3)cc2)CC1. The second-order valence-corrected chi connectivity index (χ2v) is 11.2. The summed E-state index contributed by atoms with van der Waals surface area (Å²) in [6.45, 7) is 2.67. The third-order valence-corrected chi connectivity index (χ3v) is 8.27. The Morgan fingerprint density at radius 1 is 0.818 bits per heavy atom. The van der Waals surface area contributed by atoms with Crippen LogP contribution in [0.3, 0.4) is 0 Å². The molecule has 44 heavy (non-hydrogen) atoms. The fourth-order valence-electron chi connectivity index (χ4n) is 5.18. The van der Waals surface area contributed by atoms with E-state index in [-0.39, 0.29) is 17.6 Å². The molecule has 6 rings (SSSR count). The van der Waals surface area contributed by atoms with Crippen molar-refractivity contribution >= 4 is 35.0 Å². The van der Waals surface area contributed by atoms with E-state index in [0.29, 0.717) is 41.1 Å². The molecule has 2 amide bonds. The summed E-state index contributed by atoms with van der Waals surface area (Å²) in [5.74, 6) is 1.26. The number of para-hydroxylation sites is 1. The number of nitrogens with one attached hydrogen (secondary N) is 1. The normalized spacial score (nSPS) is 13.0. The Labute approximate surface area is 260 Å². The summed E-state index contributed by atoms with van der Waals surface area (Å²) >= 11 is 1.26. The zero-order chi connectivity index (χ0) is 30.3. The minimum atomic E-state index is -0.146. The largest absolute Gasteiger partial charge is 0.496 e. The Morgan fingerprint density at radius 2 is 1.45 bits per heavy atom. The maximum absolute atomic E-state index is 13.0.